The molecule has 9 heteroatoms. The van der Waals surface area contributed by atoms with Crippen molar-refractivity contribution in [3.05, 3.63) is 41.6 Å². The summed E-state index contributed by atoms with van der Waals surface area (Å²) in [6, 6.07) is 4.48. The molecule has 0 bridgehead atoms. The van der Waals surface area contributed by atoms with E-state index >= 15 is 0 Å². The van der Waals surface area contributed by atoms with Crippen molar-refractivity contribution in [2.45, 2.75) is 26.1 Å². The van der Waals surface area contributed by atoms with Crippen LogP contribution in [0.4, 0.5) is 18.9 Å². The van der Waals surface area contributed by atoms with Crippen LogP contribution in [-0.2, 0) is 15.8 Å². The van der Waals surface area contributed by atoms with E-state index in [1.807, 2.05) is 0 Å². The number of anilines is 1. The number of nitriles is 1. The highest BCUT2D eigenvalue weighted by atomic mass is 19.4. The SMILES string of the molecule is CC(C)C(N/C=C(/C#N)C(=O)Nc1cccc(C(F)(F)F)c1)C(=O)O. The molecule has 1 unspecified atom stereocenters. The van der Waals surface area contributed by atoms with Crippen molar-refractivity contribution in [3.8, 4) is 6.07 Å². The Morgan fingerprint density at radius 1 is 1.32 bits per heavy atom. The monoisotopic (exact) mass is 355 g/mol. The number of carbonyl (C=O) groups is 2. The number of carboxylic acids is 1. The van der Waals surface area contributed by atoms with Gasteiger partial charge in [-0.25, -0.2) is 4.79 Å². The lowest BCUT2D eigenvalue weighted by Crippen LogP contribution is -2.38. The van der Waals surface area contributed by atoms with Gasteiger partial charge in [-0.1, -0.05) is 19.9 Å². The Balaban J connectivity index is 2.92. The molecule has 0 aromatic heterocycles. The van der Waals surface area contributed by atoms with Crippen molar-refractivity contribution in [3.63, 3.8) is 0 Å². The molecule has 0 spiro atoms. The lowest BCUT2D eigenvalue weighted by atomic mass is 10.1. The number of rotatable bonds is 6. The summed E-state index contributed by atoms with van der Waals surface area (Å²) in [7, 11) is 0. The lowest BCUT2D eigenvalue weighted by molar-refractivity contribution is -0.140. The van der Waals surface area contributed by atoms with E-state index in [-0.39, 0.29) is 11.6 Å². The Labute approximate surface area is 141 Å². The van der Waals surface area contributed by atoms with Crippen LogP contribution in [0.2, 0.25) is 0 Å². The standard InChI is InChI=1S/C16H16F3N3O3/c1-9(2)13(15(24)25)21-8-10(7-20)14(23)22-12-5-3-4-11(6-12)16(17,18)19/h3-6,8-9,13,21H,1-2H3,(H,22,23)(H,24,25)/b10-8-. The van der Waals surface area contributed by atoms with Gasteiger partial charge in [-0.15, -0.1) is 0 Å². The number of carbonyl (C=O) groups excluding carboxylic acids is 1. The molecule has 0 radical (unpaired) electrons. The van der Waals surface area contributed by atoms with Crippen LogP contribution in [0, 0.1) is 17.2 Å². The average Bonchev–Trinajstić information content (AvgIpc) is 2.50. The molecule has 0 aliphatic carbocycles. The molecular weight excluding hydrogens is 339 g/mol. The minimum Gasteiger partial charge on any atom is -0.480 e. The average molecular weight is 355 g/mol. The van der Waals surface area contributed by atoms with Gasteiger partial charge in [0, 0.05) is 11.9 Å². The first-order valence-corrected chi connectivity index (χ1v) is 7.14. The zero-order valence-electron chi connectivity index (χ0n) is 13.4. The molecule has 1 aromatic carbocycles. The molecule has 0 saturated carbocycles. The van der Waals surface area contributed by atoms with E-state index in [2.05, 4.69) is 10.6 Å². The summed E-state index contributed by atoms with van der Waals surface area (Å²) in [4.78, 5) is 23.0. The number of benzene rings is 1. The van der Waals surface area contributed by atoms with E-state index in [4.69, 9.17) is 10.4 Å². The number of alkyl halides is 3. The predicted octanol–water partition coefficient (Wildman–Crippen LogP) is 2.75. The van der Waals surface area contributed by atoms with E-state index in [1.165, 1.54) is 6.07 Å². The summed E-state index contributed by atoms with van der Waals surface area (Å²) >= 11 is 0. The molecule has 6 nitrogen and oxygen atoms in total. The summed E-state index contributed by atoms with van der Waals surface area (Å²) in [6.07, 6.45) is -3.64. The molecule has 1 atom stereocenters. The lowest BCUT2D eigenvalue weighted by Gasteiger charge is -2.16. The van der Waals surface area contributed by atoms with Gasteiger partial charge in [-0.2, -0.15) is 18.4 Å². The van der Waals surface area contributed by atoms with Gasteiger partial charge >= 0.3 is 12.1 Å². The predicted molar refractivity (Wildman–Crippen MR) is 83.2 cm³/mol. The van der Waals surface area contributed by atoms with Crippen LogP contribution >= 0.6 is 0 Å². The second-order valence-electron chi connectivity index (χ2n) is 5.43. The summed E-state index contributed by atoms with van der Waals surface area (Å²) in [5, 5.41) is 22.6. The summed E-state index contributed by atoms with van der Waals surface area (Å²) < 4.78 is 37.9. The Morgan fingerprint density at radius 3 is 2.44 bits per heavy atom. The maximum Gasteiger partial charge on any atom is 0.416 e. The van der Waals surface area contributed by atoms with E-state index in [0.29, 0.717) is 0 Å². The van der Waals surface area contributed by atoms with Crippen LogP contribution in [0.1, 0.15) is 19.4 Å². The second kappa shape index (κ2) is 8.19. The van der Waals surface area contributed by atoms with Gasteiger partial charge in [0.1, 0.15) is 17.7 Å². The topological polar surface area (TPSA) is 102 Å². The molecule has 0 aliphatic rings. The molecule has 0 fully saturated rings. The number of hydrogen-bond acceptors (Lipinski definition) is 4. The first kappa shape index (κ1) is 20.0. The molecule has 134 valence electrons. The van der Waals surface area contributed by atoms with Crippen LogP contribution in [0.15, 0.2) is 36.0 Å². The fourth-order valence-corrected chi connectivity index (χ4v) is 1.84. The smallest absolute Gasteiger partial charge is 0.416 e. The largest absolute Gasteiger partial charge is 0.480 e. The Bertz CT molecular complexity index is 721. The van der Waals surface area contributed by atoms with Gasteiger partial charge in [0.2, 0.25) is 0 Å². The second-order valence-corrected chi connectivity index (χ2v) is 5.43. The van der Waals surface area contributed by atoms with Crippen LogP contribution in [-0.4, -0.2) is 23.0 Å². The molecular formula is C16H16F3N3O3. The zero-order chi connectivity index (χ0) is 19.2. The molecule has 0 aliphatic heterocycles. The van der Waals surface area contributed by atoms with Crippen molar-refractivity contribution in [1.29, 1.82) is 5.26 Å². The molecule has 0 heterocycles. The molecule has 3 N–H and O–H groups in total. The van der Waals surface area contributed by atoms with E-state index < -0.39 is 35.2 Å². The van der Waals surface area contributed by atoms with Crippen molar-refractivity contribution >= 4 is 17.6 Å². The molecule has 25 heavy (non-hydrogen) atoms. The van der Waals surface area contributed by atoms with Gasteiger partial charge in [0.25, 0.3) is 5.91 Å². The zero-order valence-corrected chi connectivity index (χ0v) is 13.4. The van der Waals surface area contributed by atoms with Gasteiger partial charge in [-0.3, -0.25) is 4.79 Å². The van der Waals surface area contributed by atoms with Gasteiger partial charge in [-0.05, 0) is 24.1 Å². The minimum atomic E-state index is -4.57. The number of nitrogens with one attached hydrogen (secondary N) is 2. The first-order chi connectivity index (χ1) is 11.6. The third-order valence-corrected chi connectivity index (χ3v) is 3.15. The maximum absolute atomic E-state index is 12.6. The number of nitrogens with zero attached hydrogens (tertiary/aromatic N) is 1. The maximum atomic E-state index is 12.6. The number of amides is 1. The highest BCUT2D eigenvalue weighted by molar-refractivity contribution is 6.06. The Hall–Kier alpha value is -3.02. The Morgan fingerprint density at radius 2 is 1.96 bits per heavy atom. The van der Waals surface area contributed by atoms with Crippen LogP contribution in [0.5, 0.6) is 0 Å². The molecule has 0 saturated heterocycles. The van der Waals surface area contributed by atoms with Crippen molar-refractivity contribution < 1.29 is 27.9 Å². The number of hydrogen-bond donors (Lipinski definition) is 3. The molecule has 1 rings (SSSR count). The highest BCUT2D eigenvalue weighted by Gasteiger charge is 2.30. The van der Waals surface area contributed by atoms with Crippen LogP contribution in [0.25, 0.3) is 0 Å². The number of carboxylic acid groups (broad SMARTS) is 1. The normalized spacial score (nSPS) is 13.1. The first-order valence-electron chi connectivity index (χ1n) is 7.14. The fourth-order valence-electron chi connectivity index (χ4n) is 1.84. The van der Waals surface area contributed by atoms with Gasteiger partial charge in [0.05, 0.1) is 5.56 Å². The van der Waals surface area contributed by atoms with Crippen molar-refractivity contribution in [2.75, 3.05) is 5.32 Å². The number of halogens is 3. The summed E-state index contributed by atoms with van der Waals surface area (Å²) in [5.74, 6) is -2.44. The number of aliphatic carboxylic acids is 1. The Kier molecular flexibility index (Phi) is 6.56. The highest BCUT2D eigenvalue weighted by Crippen LogP contribution is 2.30. The van der Waals surface area contributed by atoms with Gasteiger partial charge < -0.3 is 15.7 Å². The molecule has 1 amide bonds. The third-order valence-electron chi connectivity index (χ3n) is 3.15. The summed E-state index contributed by atoms with van der Waals surface area (Å²) in [6.45, 7) is 3.27. The van der Waals surface area contributed by atoms with Gasteiger partial charge in [0.15, 0.2) is 0 Å². The van der Waals surface area contributed by atoms with E-state index in [0.717, 1.165) is 24.4 Å². The quantitative estimate of drug-likeness (QED) is 0.538. The van der Waals surface area contributed by atoms with E-state index in [1.54, 1.807) is 19.9 Å². The minimum absolute atomic E-state index is 0.139. The van der Waals surface area contributed by atoms with Crippen LogP contribution < -0.4 is 10.6 Å². The van der Waals surface area contributed by atoms with Crippen LogP contribution in [0.3, 0.4) is 0 Å². The fraction of sp³-hybridized carbons (Fsp3) is 0.312. The van der Waals surface area contributed by atoms with Crippen molar-refractivity contribution in [2.24, 2.45) is 5.92 Å². The summed E-state index contributed by atoms with van der Waals surface area (Å²) in [5.41, 5.74) is -1.56. The molecule has 1 aromatic rings. The van der Waals surface area contributed by atoms with Crippen molar-refractivity contribution in [1.82, 2.24) is 5.32 Å². The van der Waals surface area contributed by atoms with E-state index in [9.17, 15) is 22.8 Å². The third kappa shape index (κ3) is 5.84.